The number of rotatable bonds is 20. The topological polar surface area (TPSA) is 166 Å². The van der Waals surface area contributed by atoms with Crippen LogP contribution < -0.4 is 26.8 Å². The molecule has 11 heteroatoms. The third-order valence-electron chi connectivity index (χ3n) is 7.20. The average molecular weight is 601 g/mol. The van der Waals surface area contributed by atoms with Crippen molar-refractivity contribution in [2.75, 3.05) is 26.9 Å². The molecule has 0 radical (unpaired) electrons. The number of aliphatic hydroxyl groups excluding tert-OH is 1. The summed E-state index contributed by atoms with van der Waals surface area (Å²) in [7, 11) is 1.66. The highest BCUT2D eigenvalue weighted by atomic mass is 35.5. The van der Waals surface area contributed by atoms with Crippen LogP contribution in [-0.4, -0.2) is 67.9 Å². The third kappa shape index (κ3) is 14.9. The lowest BCUT2D eigenvalue weighted by molar-refractivity contribution is -0.128. The Morgan fingerprint density at radius 2 is 1.61 bits per heavy atom. The summed E-state index contributed by atoms with van der Waals surface area (Å²) in [5, 5.41) is 16.8. The molecule has 0 aliphatic carbocycles. The zero-order chi connectivity index (χ0) is 30.2. The Morgan fingerprint density at radius 3 is 2.20 bits per heavy atom. The second kappa shape index (κ2) is 20.5. The van der Waals surface area contributed by atoms with Gasteiger partial charge in [0.25, 0.3) is 5.91 Å². The van der Waals surface area contributed by atoms with Gasteiger partial charge in [0.2, 0.25) is 11.8 Å². The van der Waals surface area contributed by atoms with Crippen molar-refractivity contribution in [3.05, 3.63) is 29.8 Å². The van der Waals surface area contributed by atoms with E-state index in [9.17, 15) is 19.5 Å². The molecule has 1 aromatic rings. The van der Waals surface area contributed by atoms with E-state index in [0.29, 0.717) is 37.5 Å². The summed E-state index contributed by atoms with van der Waals surface area (Å²) in [6.07, 6.45) is 1.51. The first-order chi connectivity index (χ1) is 18.9. The number of para-hydroxylation sites is 1. The maximum atomic E-state index is 13.0. The van der Waals surface area contributed by atoms with Crippen LogP contribution in [0.2, 0.25) is 0 Å². The lowest BCUT2D eigenvalue weighted by Crippen LogP contribution is -2.45. The Kier molecular flexibility index (Phi) is 19.3. The van der Waals surface area contributed by atoms with Crippen molar-refractivity contribution in [2.45, 2.75) is 84.9 Å². The molecule has 4 unspecified atom stereocenters. The first kappa shape index (κ1) is 38.6. The molecular formula is C30H53ClN4O6. The monoisotopic (exact) mass is 600 g/mol. The van der Waals surface area contributed by atoms with E-state index in [1.165, 1.54) is 0 Å². The first-order valence-electron chi connectivity index (χ1n) is 14.4. The molecular weight excluding hydrogens is 548 g/mol. The van der Waals surface area contributed by atoms with Gasteiger partial charge >= 0.3 is 0 Å². The molecule has 7 N–H and O–H groups in total. The number of ether oxygens (including phenoxy) is 2. The van der Waals surface area contributed by atoms with E-state index < -0.39 is 30.0 Å². The molecule has 41 heavy (non-hydrogen) atoms. The Bertz CT molecular complexity index is 917. The van der Waals surface area contributed by atoms with Crippen molar-refractivity contribution >= 4 is 30.1 Å². The molecule has 0 aliphatic rings. The highest BCUT2D eigenvalue weighted by Crippen LogP contribution is 2.24. The number of amides is 3. The Labute approximate surface area is 252 Å². The van der Waals surface area contributed by atoms with Gasteiger partial charge in [-0.05, 0) is 62.5 Å². The smallest absolute Gasteiger partial charge is 0.255 e. The zero-order valence-electron chi connectivity index (χ0n) is 25.6. The van der Waals surface area contributed by atoms with Crippen molar-refractivity contribution in [1.29, 1.82) is 0 Å². The van der Waals surface area contributed by atoms with Crippen molar-refractivity contribution in [3.8, 4) is 5.75 Å². The molecule has 0 heterocycles. The van der Waals surface area contributed by atoms with Gasteiger partial charge in [-0.1, -0.05) is 39.8 Å². The summed E-state index contributed by atoms with van der Waals surface area (Å²) in [6, 6.07) is 6.19. The summed E-state index contributed by atoms with van der Waals surface area (Å²) in [5.74, 6) is -0.714. The van der Waals surface area contributed by atoms with Gasteiger partial charge in [0.15, 0.2) is 0 Å². The van der Waals surface area contributed by atoms with Gasteiger partial charge in [-0.25, -0.2) is 0 Å². The summed E-state index contributed by atoms with van der Waals surface area (Å²) >= 11 is 0. The molecule has 3 amide bonds. The van der Waals surface area contributed by atoms with Crippen LogP contribution in [0.1, 0.15) is 77.1 Å². The van der Waals surface area contributed by atoms with Gasteiger partial charge in [0.05, 0.1) is 18.3 Å². The van der Waals surface area contributed by atoms with Crippen LogP contribution in [0.4, 0.5) is 0 Å². The fourth-order valence-corrected chi connectivity index (χ4v) is 4.55. The number of hydrogen-bond donors (Lipinski definition) is 5. The number of carbonyl (C=O) groups is 3. The molecule has 0 saturated heterocycles. The number of aliphatic hydroxyl groups is 1. The van der Waals surface area contributed by atoms with Crippen LogP contribution in [0.5, 0.6) is 5.75 Å². The average Bonchev–Trinajstić information content (AvgIpc) is 2.88. The molecule has 0 aromatic heterocycles. The fourth-order valence-electron chi connectivity index (χ4n) is 4.55. The van der Waals surface area contributed by atoms with E-state index in [0.717, 1.165) is 12.8 Å². The first-order valence-corrected chi connectivity index (χ1v) is 14.4. The van der Waals surface area contributed by atoms with E-state index >= 15 is 0 Å². The Balaban J connectivity index is 0.0000160. The van der Waals surface area contributed by atoms with Crippen molar-refractivity contribution in [1.82, 2.24) is 10.6 Å². The normalized spacial score (nSPS) is 14.9. The van der Waals surface area contributed by atoms with Gasteiger partial charge in [0.1, 0.15) is 5.75 Å². The number of benzene rings is 1. The summed E-state index contributed by atoms with van der Waals surface area (Å²) < 4.78 is 10.9. The van der Waals surface area contributed by atoms with E-state index in [1.54, 1.807) is 32.2 Å². The quantitative estimate of drug-likeness (QED) is 0.143. The van der Waals surface area contributed by atoms with Crippen LogP contribution in [0.15, 0.2) is 24.3 Å². The number of nitrogens with one attached hydrogen (secondary N) is 2. The van der Waals surface area contributed by atoms with Crippen LogP contribution >= 0.6 is 12.4 Å². The number of unbranched alkanes of at least 4 members (excludes halogenated alkanes) is 1. The van der Waals surface area contributed by atoms with E-state index in [-0.39, 0.29) is 54.8 Å². The summed E-state index contributed by atoms with van der Waals surface area (Å²) in [5.41, 5.74) is 12.1. The van der Waals surface area contributed by atoms with E-state index in [4.69, 9.17) is 20.9 Å². The highest BCUT2D eigenvalue weighted by Gasteiger charge is 2.30. The number of halogens is 1. The molecule has 0 aliphatic heterocycles. The van der Waals surface area contributed by atoms with Crippen LogP contribution in [-0.2, 0) is 14.3 Å². The van der Waals surface area contributed by atoms with Gasteiger partial charge < -0.3 is 36.7 Å². The zero-order valence-corrected chi connectivity index (χ0v) is 26.4. The summed E-state index contributed by atoms with van der Waals surface area (Å²) in [4.78, 5) is 37.0. The van der Waals surface area contributed by atoms with Crippen molar-refractivity contribution < 1.29 is 29.0 Å². The molecule has 5 atom stereocenters. The van der Waals surface area contributed by atoms with Crippen molar-refractivity contribution in [2.24, 2.45) is 35.1 Å². The molecule has 10 nitrogen and oxygen atoms in total. The standard InChI is InChI=1S/C30H52N4O6.ClH/c1-19(2)22(18-33-29(37)23-11-7-8-12-27(23)40-14-10-9-13-39-6)16-25(31)26(35)17-24(20(3)4)30(38)34-21(5)15-28(32)36;/h7-8,11-12,19-22,24-26,35H,9-10,13-18,31H2,1-6H3,(H2,32,36)(H,33,37)(H,34,38);1H/t21?,22?,24?,25?,26-;/m0./s1. The predicted molar refractivity (Wildman–Crippen MR) is 164 cm³/mol. The molecule has 0 fully saturated rings. The minimum absolute atomic E-state index is 0. The third-order valence-corrected chi connectivity index (χ3v) is 7.20. The SMILES string of the molecule is COCCCCOc1ccccc1C(=O)NCC(CC(N)[C@@H](O)CC(C(=O)NC(C)CC(N)=O)C(C)C)C(C)C.Cl. The lowest BCUT2D eigenvalue weighted by atomic mass is 9.83. The predicted octanol–water partition coefficient (Wildman–Crippen LogP) is 3.04. The number of hydrogen-bond acceptors (Lipinski definition) is 7. The molecule has 0 spiro atoms. The molecule has 0 saturated carbocycles. The fraction of sp³-hybridized carbons (Fsp3) is 0.700. The minimum Gasteiger partial charge on any atom is -0.493 e. The van der Waals surface area contributed by atoms with Gasteiger partial charge in [-0.2, -0.15) is 0 Å². The van der Waals surface area contributed by atoms with E-state index in [2.05, 4.69) is 24.5 Å². The highest BCUT2D eigenvalue weighted by molar-refractivity contribution is 5.96. The Morgan fingerprint density at radius 1 is 0.976 bits per heavy atom. The molecule has 236 valence electrons. The molecule has 1 rings (SSSR count). The van der Waals surface area contributed by atoms with Crippen LogP contribution in [0.25, 0.3) is 0 Å². The van der Waals surface area contributed by atoms with Gasteiger partial charge in [0, 0.05) is 44.7 Å². The lowest BCUT2D eigenvalue weighted by Gasteiger charge is -2.30. The van der Waals surface area contributed by atoms with E-state index in [1.807, 2.05) is 19.9 Å². The Hall–Kier alpha value is -2.40. The minimum atomic E-state index is -0.909. The van der Waals surface area contributed by atoms with Crippen LogP contribution in [0, 0.1) is 23.7 Å². The number of nitrogens with two attached hydrogens (primary N) is 2. The maximum absolute atomic E-state index is 13.0. The van der Waals surface area contributed by atoms with Gasteiger partial charge in [-0.3, -0.25) is 14.4 Å². The summed E-state index contributed by atoms with van der Waals surface area (Å²) in [6.45, 7) is 11.2. The largest absolute Gasteiger partial charge is 0.493 e. The second-order valence-corrected chi connectivity index (χ2v) is 11.4. The van der Waals surface area contributed by atoms with Crippen molar-refractivity contribution in [3.63, 3.8) is 0 Å². The number of carbonyl (C=O) groups excluding carboxylic acids is 3. The van der Waals surface area contributed by atoms with Gasteiger partial charge in [-0.15, -0.1) is 12.4 Å². The second-order valence-electron chi connectivity index (χ2n) is 11.4. The molecule has 1 aromatic carbocycles. The number of methoxy groups -OCH3 is 1. The molecule has 0 bridgehead atoms. The van der Waals surface area contributed by atoms with Crippen LogP contribution in [0.3, 0.4) is 0 Å². The maximum Gasteiger partial charge on any atom is 0.255 e. The number of primary amides is 1.